The predicted molar refractivity (Wildman–Crippen MR) is 111 cm³/mol. The van der Waals surface area contributed by atoms with Crippen molar-refractivity contribution in [2.75, 3.05) is 13.7 Å². The van der Waals surface area contributed by atoms with Gasteiger partial charge in [-0.05, 0) is 55.3 Å². The molecule has 1 aromatic carbocycles. The number of methoxy groups -OCH3 is 1. The number of amides is 1. The number of hydrogen-bond donors (Lipinski definition) is 2. The SMILES string of the molecule is COc1cc(C(C)NC(=O)CCCN)ccc1OCc1ccncc1.Cl.Cl. The van der Waals surface area contributed by atoms with Crippen molar-refractivity contribution in [2.45, 2.75) is 32.4 Å². The van der Waals surface area contributed by atoms with Gasteiger partial charge in [0.25, 0.3) is 0 Å². The standard InChI is InChI=1S/C19H25N3O3.2ClH/c1-14(22-19(23)4-3-9-20)16-5-6-17(18(12-16)24-2)25-13-15-7-10-21-11-8-15;;/h5-8,10-12,14H,3-4,9,13,20H2,1-2H3,(H,22,23);2*1H. The zero-order chi connectivity index (χ0) is 18.1. The zero-order valence-electron chi connectivity index (χ0n) is 15.5. The van der Waals surface area contributed by atoms with Crippen molar-refractivity contribution in [1.29, 1.82) is 0 Å². The van der Waals surface area contributed by atoms with Crippen molar-refractivity contribution in [3.8, 4) is 11.5 Å². The number of ether oxygens (including phenoxy) is 2. The lowest BCUT2D eigenvalue weighted by molar-refractivity contribution is -0.121. The van der Waals surface area contributed by atoms with Gasteiger partial charge in [0.2, 0.25) is 5.91 Å². The van der Waals surface area contributed by atoms with E-state index in [2.05, 4.69) is 10.3 Å². The summed E-state index contributed by atoms with van der Waals surface area (Å²) in [6, 6.07) is 9.36. The summed E-state index contributed by atoms with van der Waals surface area (Å²) in [7, 11) is 1.60. The molecule has 1 heterocycles. The first kappa shape index (κ1) is 25.0. The minimum Gasteiger partial charge on any atom is -0.493 e. The highest BCUT2D eigenvalue weighted by atomic mass is 35.5. The average molecular weight is 416 g/mol. The Morgan fingerprint density at radius 2 is 1.89 bits per heavy atom. The lowest BCUT2D eigenvalue weighted by Crippen LogP contribution is -2.26. The molecule has 0 aliphatic rings. The van der Waals surface area contributed by atoms with E-state index >= 15 is 0 Å². The number of aromatic nitrogens is 1. The number of carbonyl (C=O) groups excluding carboxylic acids is 1. The molecule has 0 radical (unpaired) electrons. The van der Waals surface area contributed by atoms with Crippen LogP contribution in [0.25, 0.3) is 0 Å². The molecule has 0 aliphatic carbocycles. The molecule has 1 aromatic heterocycles. The summed E-state index contributed by atoms with van der Waals surface area (Å²) >= 11 is 0. The average Bonchev–Trinajstić information content (AvgIpc) is 2.65. The fraction of sp³-hybridized carbons (Fsp3) is 0.368. The minimum atomic E-state index is -0.117. The van der Waals surface area contributed by atoms with Crippen LogP contribution in [0.2, 0.25) is 0 Å². The second kappa shape index (κ2) is 13.2. The molecule has 0 fully saturated rings. The van der Waals surface area contributed by atoms with Crippen LogP contribution in [0.5, 0.6) is 11.5 Å². The molecule has 0 bridgehead atoms. The third kappa shape index (κ3) is 8.03. The van der Waals surface area contributed by atoms with Gasteiger partial charge in [0.05, 0.1) is 13.2 Å². The van der Waals surface area contributed by atoms with Crippen LogP contribution >= 0.6 is 24.8 Å². The first-order valence-corrected chi connectivity index (χ1v) is 8.33. The van der Waals surface area contributed by atoms with E-state index in [0.29, 0.717) is 37.5 Å². The van der Waals surface area contributed by atoms with E-state index in [-0.39, 0.29) is 36.8 Å². The maximum atomic E-state index is 11.8. The van der Waals surface area contributed by atoms with Gasteiger partial charge in [0, 0.05) is 18.8 Å². The molecule has 0 spiro atoms. The highest BCUT2D eigenvalue weighted by Gasteiger charge is 2.13. The van der Waals surface area contributed by atoms with Gasteiger partial charge in [0.15, 0.2) is 11.5 Å². The van der Waals surface area contributed by atoms with Crippen molar-refractivity contribution in [2.24, 2.45) is 5.73 Å². The Morgan fingerprint density at radius 3 is 2.52 bits per heavy atom. The molecule has 27 heavy (non-hydrogen) atoms. The number of benzene rings is 1. The third-order valence-corrected chi connectivity index (χ3v) is 3.82. The highest BCUT2D eigenvalue weighted by molar-refractivity contribution is 5.85. The molecule has 1 atom stereocenters. The largest absolute Gasteiger partial charge is 0.493 e. The fourth-order valence-corrected chi connectivity index (χ4v) is 2.37. The maximum Gasteiger partial charge on any atom is 0.220 e. The summed E-state index contributed by atoms with van der Waals surface area (Å²) in [5.41, 5.74) is 7.41. The molecule has 0 saturated heterocycles. The molecule has 0 saturated carbocycles. The van der Waals surface area contributed by atoms with Gasteiger partial charge in [-0.3, -0.25) is 9.78 Å². The number of halogens is 2. The summed E-state index contributed by atoms with van der Waals surface area (Å²) in [5.74, 6) is 1.29. The highest BCUT2D eigenvalue weighted by Crippen LogP contribution is 2.31. The lowest BCUT2D eigenvalue weighted by atomic mass is 10.1. The third-order valence-electron chi connectivity index (χ3n) is 3.82. The smallest absolute Gasteiger partial charge is 0.220 e. The van der Waals surface area contributed by atoms with Crippen LogP contribution < -0.4 is 20.5 Å². The van der Waals surface area contributed by atoms with Crippen molar-refractivity contribution < 1.29 is 14.3 Å². The Hall–Kier alpha value is -2.02. The first-order chi connectivity index (χ1) is 12.1. The van der Waals surface area contributed by atoms with Gasteiger partial charge in [0.1, 0.15) is 6.61 Å². The van der Waals surface area contributed by atoms with Gasteiger partial charge < -0.3 is 20.5 Å². The molecule has 2 rings (SSSR count). The summed E-state index contributed by atoms with van der Waals surface area (Å²) in [4.78, 5) is 15.8. The van der Waals surface area contributed by atoms with Crippen LogP contribution in [-0.4, -0.2) is 24.5 Å². The molecule has 6 nitrogen and oxygen atoms in total. The maximum absolute atomic E-state index is 11.8. The molecule has 8 heteroatoms. The molecule has 1 amide bonds. The van der Waals surface area contributed by atoms with Crippen LogP contribution in [0, 0.1) is 0 Å². The number of rotatable bonds is 9. The van der Waals surface area contributed by atoms with Crippen molar-refractivity contribution in [3.05, 3.63) is 53.9 Å². The molecule has 3 N–H and O–H groups in total. The van der Waals surface area contributed by atoms with Gasteiger partial charge in [-0.25, -0.2) is 0 Å². The summed E-state index contributed by atoms with van der Waals surface area (Å²) < 4.78 is 11.3. The van der Waals surface area contributed by atoms with Crippen LogP contribution in [0.1, 0.15) is 36.9 Å². The van der Waals surface area contributed by atoms with E-state index in [1.165, 1.54) is 0 Å². The number of hydrogen-bond acceptors (Lipinski definition) is 5. The monoisotopic (exact) mass is 415 g/mol. The van der Waals surface area contributed by atoms with Crippen LogP contribution in [0.4, 0.5) is 0 Å². The van der Waals surface area contributed by atoms with Crippen molar-refractivity contribution in [1.82, 2.24) is 10.3 Å². The predicted octanol–water partition coefficient (Wildman–Crippen LogP) is 3.43. The summed E-state index contributed by atoms with van der Waals surface area (Å²) in [5, 5.41) is 2.96. The molecule has 0 aliphatic heterocycles. The van der Waals surface area contributed by atoms with Gasteiger partial charge in [-0.1, -0.05) is 6.07 Å². The second-order valence-corrected chi connectivity index (χ2v) is 5.74. The zero-order valence-corrected chi connectivity index (χ0v) is 17.1. The van der Waals surface area contributed by atoms with Crippen molar-refractivity contribution in [3.63, 3.8) is 0 Å². The number of carbonyl (C=O) groups is 1. The minimum absolute atomic E-state index is 0. The summed E-state index contributed by atoms with van der Waals surface area (Å²) in [6.07, 6.45) is 4.58. The normalized spacial score (nSPS) is 10.8. The molecule has 2 aromatic rings. The molecule has 1 unspecified atom stereocenters. The van der Waals surface area contributed by atoms with E-state index < -0.39 is 0 Å². The molecular formula is C19H27Cl2N3O3. The Balaban J connectivity index is 0.00000338. The van der Waals surface area contributed by atoms with E-state index in [4.69, 9.17) is 15.2 Å². The number of nitrogens with zero attached hydrogens (tertiary/aromatic N) is 1. The van der Waals surface area contributed by atoms with Gasteiger partial charge in [-0.2, -0.15) is 0 Å². The van der Waals surface area contributed by atoms with Crippen LogP contribution in [-0.2, 0) is 11.4 Å². The van der Waals surface area contributed by atoms with Crippen molar-refractivity contribution >= 4 is 30.7 Å². The quantitative estimate of drug-likeness (QED) is 0.654. The van der Waals surface area contributed by atoms with Crippen LogP contribution in [0.3, 0.4) is 0 Å². The van der Waals surface area contributed by atoms with E-state index in [1.807, 2.05) is 37.3 Å². The van der Waals surface area contributed by atoms with E-state index in [1.54, 1.807) is 19.5 Å². The molecule has 150 valence electrons. The van der Waals surface area contributed by atoms with E-state index in [0.717, 1.165) is 11.1 Å². The lowest BCUT2D eigenvalue weighted by Gasteiger charge is -2.17. The van der Waals surface area contributed by atoms with Gasteiger partial charge in [-0.15, -0.1) is 24.8 Å². The van der Waals surface area contributed by atoms with Gasteiger partial charge >= 0.3 is 0 Å². The Morgan fingerprint density at radius 1 is 1.19 bits per heavy atom. The molecular weight excluding hydrogens is 389 g/mol. The summed E-state index contributed by atoms with van der Waals surface area (Å²) in [6.45, 7) is 2.88. The number of nitrogens with one attached hydrogen (secondary N) is 1. The Bertz CT molecular complexity index is 687. The first-order valence-electron chi connectivity index (χ1n) is 8.33. The topological polar surface area (TPSA) is 86.5 Å². The number of pyridine rings is 1. The number of nitrogens with two attached hydrogens (primary N) is 1. The second-order valence-electron chi connectivity index (χ2n) is 5.74. The van der Waals surface area contributed by atoms with Crippen LogP contribution in [0.15, 0.2) is 42.7 Å². The van der Waals surface area contributed by atoms with E-state index in [9.17, 15) is 4.79 Å². The Labute approximate surface area is 172 Å². The Kier molecular flexibility index (Phi) is 12.2. The fourth-order valence-electron chi connectivity index (χ4n) is 2.37.